The maximum Gasteiger partial charge on any atom is 0.291 e. The fourth-order valence-electron chi connectivity index (χ4n) is 3.96. The summed E-state index contributed by atoms with van der Waals surface area (Å²) in [4.78, 5) is 28.2. The van der Waals surface area contributed by atoms with Crippen LogP contribution in [0.2, 0.25) is 0 Å². The normalized spacial score (nSPS) is 19.0. The summed E-state index contributed by atoms with van der Waals surface area (Å²) < 4.78 is 10.9. The van der Waals surface area contributed by atoms with Crippen LogP contribution in [0.25, 0.3) is 0 Å². The molecule has 3 aromatic rings. The molecule has 1 saturated heterocycles. The van der Waals surface area contributed by atoms with Crippen LogP contribution in [0.15, 0.2) is 53.1 Å². The van der Waals surface area contributed by atoms with Gasteiger partial charge in [0.25, 0.3) is 11.8 Å². The van der Waals surface area contributed by atoms with Gasteiger partial charge in [-0.05, 0) is 56.2 Å². The molecule has 0 radical (unpaired) electrons. The average molecular weight is 454 g/mol. The lowest BCUT2D eigenvalue weighted by Gasteiger charge is -2.35. The Kier molecular flexibility index (Phi) is 6.74. The van der Waals surface area contributed by atoms with E-state index in [1.807, 2.05) is 31.2 Å². The lowest BCUT2D eigenvalue weighted by Crippen LogP contribution is -2.44. The molecule has 4 rings (SSSR count). The van der Waals surface area contributed by atoms with Gasteiger partial charge in [-0.15, -0.1) is 11.3 Å². The summed E-state index contributed by atoms with van der Waals surface area (Å²) >= 11 is 1.24. The highest BCUT2D eigenvalue weighted by molar-refractivity contribution is 7.18. The van der Waals surface area contributed by atoms with E-state index >= 15 is 0 Å². The van der Waals surface area contributed by atoms with Gasteiger partial charge in [0.2, 0.25) is 0 Å². The fraction of sp³-hybridized carbons (Fsp3) is 0.333. The van der Waals surface area contributed by atoms with Crippen molar-refractivity contribution < 1.29 is 18.7 Å². The van der Waals surface area contributed by atoms with Crippen LogP contribution >= 0.6 is 11.3 Å². The molecule has 0 saturated carbocycles. The summed E-state index contributed by atoms with van der Waals surface area (Å²) in [5.41, 5.74) is 2.65. The van der Waals surface area contributed by atoms with Crippen LogP contribution in [-0.2, 0) is 11.3 Å². The van der Waals surface area contributed by atoms with Crippen molar-refractivity contribution in [1.82, 2.24) is 4.90 Å². The molecular weight excluding hydrogens is 426 g/mol. The summed E-state index contributed by atoms with van der Waals surface area (Å²) in [6.07, 6.45) is 1.82. The Balaban J connectivity index is 1.45. The molecule has 0 spiro atoms. The lowest BCUT2D eigenvalue weighted by molar-refractivity contribution is -0.0704. The summed E-state index contributed by atoms with van der Waals surface area (Å²) in [6.45, 7) is 8.47. The summed E-state index contributed by atoms with van der Waals surface area (Å²) in [5, 5.41) is 6.44. The van der Waals surface area contributed by atoms with Gasteiger partial charge in [0.15, 0.2) is 5.76 Å². The predicted molar refractivity (Wildman–Crippen MR) is 125 cm³/mol. The number of morpholine rings is 1. The molecule has 2 aromatic heterocycles. The Labute approximate surface area is 191 Å². The molecular formula is C24H27N3O4S. The third-order valence-electron chi connectivity index (χ3n) is 5.26. The first-order chi connectivity index (χ1) is 15.4. The molecule has 2 N–H and O–H groups in total. The summed E-state index contributed by atoms with van der Waals surface area (Å²) in [5.74, 6) is -0.313. The van der Waals surface area contributed by atoms with Gasteiger partial charge in [-0.3, -0.25) is 14.5 Å². The highest BCUT2D eigenvalue weighted by Crippen LogP contribution is 2.29. The Hall–Kier alpha value is -2.94. The number of para-hydroxylation sites is 1. The number of amides is 2. The number of nitrogens with zero attached hydrogens (tertiary/aromatic N) is 1. The second-order valence-corrected chi connectivity index (χ2v) is 9.17. The number of rotatable bonds is 6. The van der Waals surface area contributed by atoms with E-state index in [-0.39, 0.29) is 29.8 Å². The molecule has 1 fully saturated rings. The smallest absolute Gasteiger partial charge is 0.291 e. The van der Waals surface area contributed by atoms with Gasteiger partial charge >= 0.3 is 0 Å². The van der Waals surface area contributed by atoms with Crippen molar-refractivity contribution >= 4 is 33.8 Å². The molecule has 2 atom stereocenters. The number of aryl methyl sites for hydroxylation is 1. The number of nitrogens with one attached hydrogen (secondary N) is 2. The number of benzene rings is 1. The highest BCUT2D eigenvalue weighted by Gasteiger charge is 2.23. The van der Waals surface area contributed by atoms with Crippen molar-refractivity contribution in [3.8, 4) is 0 Å². The van der Waals surface area contributed by atoms with Crippen LogP contribution in [0, 0.1) is 6.92 Å². The average Bonchev–Trinajstić information content (AvgIpc) is 3.39. The van der Waals surface area contributed by atoms with Crippen LogP contribution in [0.5, 0.6) is 0 Å². The molecule has 168 valence electrons. The molecule has 1 aromatic carbocycles. The number of furan rings is 1. The van der Waals surface area contributed by atoms with Crippen molar-refractivity contribution in [2.24, 2.45) is 0 Å². The van der Waals surface area contributed by atoms with Crippen molar-refractivity contribution in [3.05, 3.63) is 70.5 Å². The minimum atomic E-state index is -0.345. The third kappa shape index (κ3) is 5.27. The van der Waals surface area contributed by atoms with Gasteiger partial charge in [0, 0.05) is 25.3 Å². The van der Waals surface area contributed by atoms with Crippen LogP contribution < -0.4 is 10.6 Å². The molecule has 1 aliphatic heterocycles. The fourth-order valence-corrected chi connectivity index (χ4v) is 4.93. The first-order valence-electron chi connectivity index (χ1n) is 10.6. The number of hydrogen-bond acceptors (Lipinski definition) is 6. The number of ether oxygens (including phenoxy) is 1. The topological polar surface area (TPSA) is 83.8 Å². The zero-order chi connectivity index (χ0) is 22.7. The van der Waals surface area contributed by atoms with E-state index in [0.717, 1.165) is 36.4 Å². The Morgan fingerprint density at radius 3 is 2.53 bits per heavy atom. The second-order valence-electron chi connectivity index (χ2n) is 8.12. The zero-order valence-electron chi connectivity index (χ0n) is 18.4. The van der Waals surface area contributed by atoms with E-state index in [1.54, 1.807) is 18.2 Å². The van der Waals surface area contributed by atoms with Gasteiger partial charge in [-0.2, -0.15) is 0 Å². The number of carbonyl (C=O) groups excluding carboxylic acids is 2. The van der Waals surface area contributed by atoms with E-state index in [9.17, 15) is 9.59 Å². The summed E-state index contributed by atoms with van der Waals surface area (Å²) in [6, 6.07) is 12.9. The largest absolute Gasteiger partial charge is 0.459 e. The highest BCUT2D eigenvalue weighted by atomic mass is 32.1. The van der Waals surface area contributed by atoms with Crippen LogP contribution in [-0.4, -0.2) is 42.0 Å². The van der Waals surface area contributed by atoms with E-state index in [1.165, 1.54) is 17.6 Å². The van der Waals surface area contributed by atoms with Crippen LogP contribution in [0.1, 0.15) is 45.2 Å². The summed E-state index contributed by atoms with van der Waals surface area (Å²) in [7, 11) is 0. The maximum atomic E-state index is 13.0. The third-order valence-corrected chi connectivity index (χ3v) is 6.41. The van der Waals surface area contributed by atoms with Gasteiger partial charge < -0.3 is 19.8 Å². The molecule has 3 heterocycles. The minimum absolute atomic E-state index is 0.184. The number of carbonyl (C=O) groups is 2. The Morgan fingerprint density at radius 2 is 1.81 bits per heavy atom. The van der Waals surface area contributed by atoms with Crippen molar-refractivity contribution in [1.29, 1.82) is 0 Å². The van der Waals surface area contributed by atoms with E-state index < -0.39 is 0 Å². The Morgan fingerprint density at radius 1 is 1.06 bits per heavy atom. The molecule has 1 aliphatic rings. The number of hydrogen-bond donors (Lipinski definition) is 2. The maximum absolute atomic E-state index is 13.0. The predicted octanol–water partition coefficient (Wildman–Crippen LogP) is 4.76. The van der Waals surface area contributed by atoms with Gasteiger partial charge in [0.1, 0.15) is 0 Å². The molecule has 0 aliphatic carbocycles. The van der Waals surface area contributed by atoms with Crippen molar-refractivity contribution in [2.45, 2.75) is 39.5 Å². The standard InChI is InChI=1S/C24H27N3O4S/c1-15-11-21(26-23(28)20-9-6-10-30-20)32-22(15)24(29)25-19-8-5-4-7-18(19)14-27-12-16(2)31-17(3)13-27/h4-11,16-17H,12-14H2,1-3H3,(H,25,29)(H,26,28). The number of thiophene rings is 1. The second kappa shape index (κ2) is 9.68. The SMILES string of the molecule is Cc1cc(NC(=O)c2ccco2)sc1C(=O)Nc1ccccc1CN1CC(C)OC(C)C1. The van der Waals surface area contributed by atoms with Crippen molar-refractivity contribution in [3.63, 3.8) is 0 Å². The lowest BCUT2D eigenvalue weighted by atomic mass is 10.1. The zero-order valence-corrected chi connectivity index (χ0v) is 19.2. The van der Waals surface area contributed by atoms with E-state index in [4.69, 9.17) is 9.15 Å². The van der Waals surface area contributed by atoms with Crippen LogP contribution in [0.4, 0.5) is 10.7 Å². The van der Waals surface area contributed by atoms with Gasteiger partial charge in [-0.1, -0.05) is 18.2 Å². The van der Waals surface area contributed by atoms with Crippen LogP contribution in [0.3, 0.4) is 0 Å². The molecule has 7 nitrogen and oxygen atoms in total. The molecule has 2 amide bonds. The quantitative estimate of drug-likeness (QED) is 0.562. The first kappa shape index (κ1) is 22.3. The van der Waals surface area contributed by atoms with Gasteiger partial charge in [0.05, 0.1) is 28.3 Å². The molecule has 2 unspecified atom stereocenters. The van der Waals surface area contributed by atoms with Crippen molar-refractivity contribution in [2.75, 3.05) is 23.7 Å². The Bertz CT molecular complexity index is 1080. The molecule has 8 heteroatoms. The van der Waals surface area contributed by atoms with E-state index in [2.05, 4.69) is 29.4 Å². The van der Waals surface area contributed by atoms with Gasteiger partial charge in [-0.25, -0.2) is 0 Å². The number of anilines is 2. The monoisotopic (exact) mass is 453 g/mol. The minimum Gasteiger partial charge on any atom is -0.459 e. The first-order valence-corrected chi connectivity index (χ1v) is 11.4. The van der Waals surface area contributed by atoms with E-state index in [0.29, 0.717) is 9.88 Å². The molecule has 32 heavy (non-hydrogen) atoms. The molecule has 0 bridgehead atoms.